The Kier molecular flexibility index (Phi) is 9.16. The third-order valence-corrected chi connectivity index (χ3v) is 6.01. The van der Waals surface area contributed by atoms with Crippen LogP contribution in [0.2, 0.25) is 0 Å². The van der Waals surface area contributed by atoms with Crippen molar-refractivity contribution in [3.05, 3.63) is 28.2 Å². The van der Waals surface area contributed by atoms with Crippen molar-refractivity contribution < 1.29 is 14.3 Å². The molecule has 1 fully saturated rings. The third-order valence-electron chi connectivity index (χ3n) is 5.39. The lowest BCUT2D eigenvalue weighted by Gasteiger charge is -2.31. The van der Waals surface area contributed by atoms with Crippen LogP contribution in [-0.4, -0.2) is 43.0 Å². The average molecular weight is 478 g/mol. The van der Waals surface area contributed by atoms with Crippen LogP contribution in [0.4, 0.5) is 0 Å². The second-order valence-corrected chi connectivity index (χ2v) is 9.66. The van der Waals surface area contributed by atoms with Gasteiger partial charge < -0.3 is 15.0 Å². The number of benzene rings is 1. The molecule has 1 aromatic rings. The number of hydrogen-bond donors (Lipinski definition) is 1. The minimum absolute atomic E-state index is 0.0312. The van der Waals surface area contributed by atoms with Crippen LogP contribution in [0.25, 0.3) is 0 Å². The van der Waals surface area contributed by atoms with E-state index in [2.05, 4.69) is 54.2 Å². The zero-order valence-corrected chi connectivity index (χ0v) is 19.8. The Morgan fingerprint density at radius 3 is 2.60 bits per heavy atom. The van der Waals surface area contributed by atoms with E-state index in [9.17, 15) is 9.59 Å². The molecule has 6 nitrogen and oxygen atoms in total. The minimum atomic E-state index is -0.0975. The molecule has 0 aliphatic carbocycles. The number of amides is 2. The monoisotopic (exact) mass is 477 g/mol. The molecule has 0 saturated carbocycles. The molecule has 7 heteroatoms. The van der Waals surface area contributed by atoms with E-state index in [-0.39, 0.29) is 23.7 Å². The summed E-state index contributed by atoms with van der Waals surface area (Å²) in [7, 11) is 0. The number of nitriles is 1. The van der Waals surface area contributed by atoms with Crippen molar-refractivity contribution in [3.8, 4) is 11.8 Å². The van der Waals surface area contributed by atoms with Gasteiger partial charge in [0.05, 0.1) is 17.1 Å². The Hall–Kier alpha value is -2.07. The molecule has 2 amide bonds. The number of nitrogens with zero attached hydrogens (tertiary/aromatic N) is 2. The molecule has 164 valence electrons. The minimum Gasteiger partial charge on any atom is -0.492 e. The molecule has 0 aromatic heterocycles. The molecular formula is C23H32BrN3O3. The summed E-state index contributed by atoms with van der Waals surface area (Å²) in [6.45, 7) is 8.97. The van der Waals surface area contributed by atoms with E-state index in [0.717, 1.165) is 23.1 Å². The van der Waals surface area contributed by atoms with E-state index in [0.29, 0.717) is 45.0 Å². The summed E-state index contributed by atoms with van der Waals surface area (Å²) in [5.41, 5.74) is 1.32. The van der Waals surface area contributed by atoms with E-state index in [4.69, 9.17) is 10.00 Å². The number of ether oxygens (including phenoxy) is 1. The third kappa shape index (κ3) is 7.64. The quantitative estimate of drug-likeness (QED) is 0.569. The fraction of sp³-hybridized carbons (Fsp3) is 0.609. The number of carbonyl (C=O) groups is 2. The largest absolute Gasteiger partial charge is 0.492 e. The Bertz CT molecular complexity index is 775. The van der Waals surface area contributed by atoms with Crippen molar-refractivity contribution in [1.29, 1.82) is 5.26 Å². The van der Waals surface area contributed by atoms with Gasteiger partial charge in [-0.2, -0.15) is 5.26 Å². The van der Waals surface area contributed by atoms with Gasteiger partial charge in [-0.3, -0.25) is 9.59 Å². The van der Waals surface area contributed by atoms with Gasteiger partial charge in [-0.25, -0.2) is 0 Å². The molecule has 1 N–H and O–H groups in total. The predicted molar refractivity (Wildman–Crippen MR) is 120 cm³/mol. The fourth-order valence-corrected chi connectivity index (χ4v) is 3.90. The highest BCUT2D eigenvalue weighted by atomic mass is 79.9. The number of nitrogens with one attached hydrogen (secondary N) is 1. The molecule has 1 aromatic carbocycles. The maximum absolute atomic E-state index is 12.1. The molecule has 0 atom stereocenters. The molecule has 1 aliphatic rings. The van der Waals surface area contributed by atoms with Crippen LogP contribution in [-0.2, 0) is 15.0 Å². The molecule has 0 bridgehead atoms. The maximum atomic E-state index is 12.1. The molecule has 0 unspecified atom stereocenters. The lowest BCUT2D eigenvalue weighted by atomic mass is 9.87. The van der Waals surface area contributed by atoms with Crippen LogP contribution in [0.1, 0.15) is 58.4 Å². The highest BCUT2D eigenvalue weighted by Crippen LogP contribution is 2.31. The van der Waals surface area contributed by atoms with Crippen LogP contribution in [0.15, 0.2) is 22.7 Å². The second kappa shape index (κ2) is 11.4. The summed E-state index contributed by atoms with van der Waals surface area (Å²) in [5.74, 6) is 1.11. The van der Waals surface area contributed by atoms with Gasteiger partial charge >= 0.3 is 0 Å². The van der Waals surface area contributed by atoms with Crippen molar-refractivity contribution >= 4 is 27.7 Å². The first-order chi connectivity index (χ1) is 14.2. The van der Waals surface area contributed by atoms with Crippen LogP contribution in [0, 0.1) is 17.2 Å². The topological polar surface area (TPSA) is 82.4 Å². The number of rotatable bonds is 8. The summed E-state index contributed by atoms with van der Waals surface area (Å²) in [5, 5.41) is 11.6. The number of carbonyl (C=O) groups excluding carboxylic acids is 2. The summed E-state index contributed by atoms with van der Waals surface area (Å²) in [6.07, 6.45) is 2.75. The first kappa shape index (κ1) is 24.2. The molecule has 0 radical (unpaired) electrons. The highest BCUT2D eigenvalue weighted by Gasteiger charge is 2.22. The van der Waals surface area contributed by atoms with Crippen molar-refractivity contribution in [2.75, 3.05) is 26.2 Å². The molecule has 1 heterocycles. The Labute approximate surface area is 188 Å². The van der Waals surface area contributed by atoms with Gasteiger partial charge in [0, 0.05) is 26.1 Å². The predicted octanol–water partition coefficient (Wildman–Crippen LogP) is 4.17. The Morgan fingerprint density at radius 2 is 2.00 bits per heavy atom. The van der Waals surface area contributed by atoms with Crippen LogP contribution < -0.4 is 10.1 Å². The summed E-state index contributed by atoms with van der Waals surface area (Å²) in [6, 6.07) is 8.03. The Morgan fingerprint density at radius 1 is 1.30 bits per heavy atom. The number of likely N-dealkylation sites (tertiary alicyclic amines) is 1. The van der Waals surface area contributed by atoms with E-state index >= 15 is 0 Å². The van der Waals surface area contributed by atoms with Gasteiger partial charge in [-0.05, 0) is 64.2 Å². The van der Waals surface area contributed by atoms with Crippen molar-refractivity contribution in [2.24, 2.45) is 5.92 Å². The molecule has 1 saturated heterocycles. The number of hydrogen-bond acceptors (Lipinski definition) is 4. The fourth-order valence-electron chi connectivity index (χ4n) is 3.41. The van der Waals surface area contributed by atoms with Crippen molar-refractivity contribution in [2.45, 2.75) is 58.3 Å². The van der Waals surface area contributed by atoms with Gasteiger partial charge in [-0.15, -0.1) is 0 Å². The average Bonchev–Trinajstić information content (AvgIpc) is 2.70. The first-order valence-corrected chi connectivity index (χ1v) is 11.3. The standard InChI is InChI=1S/C23H32BrN3O3/c1-23(2,3)18-6-7-20(19(24)15-18)30-14-4-5-21(28)26-16-17-9-12-27(13-10-17)22(29)8-11-25/h6-7,15,17H,4-5,8-10,12-14,16H2,1-3H3,(H,26,28). The lowest BCUT2D eigenvalue weighted by Crippen LogP contribution is -2.41. The van der Waals surface area contributed by atoms with Crippen molar-refractivity contribution in [1.82, 2.24) is 10.2 Å². The number of piperidine rings is 1. The normalized spacial score (nSPS) is 14.8. The molecule has 30 heavy (non-hydrogen) atoms. The molecule has 1 aliphatic heterocycles. The van der Waals surface area contributed by atoms with Gasteiger partial charge in [0.25, 0.3) is 0 Å². The van der Waals surface area contributed by atoms with Crippen LogP contribution in [0.3, 0.4) is 0 Å². The maximum Gasteiger partial charge on any atom is 0.236 e. The second-order valence-electron chi connectivity index (χ2n) is 8.81. The van der Waals surface area contributed by atoms with Gasteiger partial charge in [0.1, 0.15) is 12.2 Å². The highest BCUT2D eigenvalue weighted by molar-refractivity contribution is 9.10. The molecular weight excluding hydrogens is 446 g/mol. The summed E-state index contributed by atoms with van der Waals surface area (Å²) in [4.78, 5) is 25.6. The Balaban J connectivity index is 1.62. The van der Waals surface area contributed by atoms with E-state index in [1.54, 1.807) is 4.90 Å². The van der Waals surface area contributed by atoms with Gasteiger partial charge in [-0.1, -0.05) is 26.8 Å². The number of halogens is 1. The molecule has 2 rings (SSSR count). The SMILES string of the molecule is CC(C)(C)c1ccc(OCCCC(=O)NCC2CCN(C(=O)CC#N)CC2)c(Br)c1. The van der Waals surface area contributed by atoms with Gasteiger partial charge in [0.2, 0.25) is 11.8 Å². The summed E-state index contributed by atoms with van der Waals surface area (Å²) < 4.78 is 6.75. The van der Waals surface area contributed by atoms with E-state index in [1.807, 2.05) is 12.1 Å². The van der Waals surface area contributed by atoms with E-state index in [1.165, 1.54) is 5.56 Å². The van der Waals surface area contributed by atoms with Crippen LogP contribution in [0.5, 0.6) is 5.75 Å². The lowest BCUT2D eigenvalue weighted by molar-refractivity contribution is -0.131. The zero-order valence-electron chi connectivity index (χ0n) is 18.2. The van der Waals surface area contributed by atoms with Crippen LogP contribution >= 0.6 is 15.9 Å². The summed E-state index contributed by atoms with van der Waals surface area (Å²) >= 11 is 3.57. The van der Waals surface area contributed by atoms with Gasteiger partial charge in [0.15, 0.2) is 0 Å². The first-order valence-electron chi connectivity index (χ1n) is 10.5. The molecule has 0 spiro atoms. The van der Waals surface area contributed by atoms with Crippen molar-refractivity contribution in [3.63, 3.8) is 0 Å². The smallest absolute Gasteiger partial charge is 0.236 e. The zero-order chi connectivity index (χ0) is 22.1. The van der Waals surface area contributed by atoms with E-state index < -0.39 is 0 Å².